The topological polar surface area (TPSA) is 85.1 Å². The lowest BCUT2D eigenvalue weighted by atomic mass is 10.2. The predicted octanol–water partition coefficient (Wildman–Crippen LogP) is 1.95. The first-order valence-electron chi connectivity index (χ1n) is 6.47. The third-order valence-corrected chi connectivity index (χ3v) is 2.89. The van der Waals surface area contributed by atoms with Crippen molar-refractivity contribution in [1.29, 1.82) is 0 Å². The lowest BCUT2D eigenvalue weighted by Crippen LogP contribution is -2.12. The minimum absolute atomic E-state index is 0.597. The van der Waals surface area contributed by atoms with Gasteiger partial charge in [-0.15, -0.1) is 0 Å². The number of nitrogens with two attached hydrogens (primary N) is 1. The number of rotatable bonds is 6. The predicted molar refractivity (Wildman–Crippen MR) is 79.5 cm³/mol. The Morgan fingerprint density at radius 3 is 2.65 bits per heavy atom. The molecule has 0 atom stereocenters. The van der Waals surface area contributed by atoms with Crippen LogP contribution in [0, 0.1) is 0 Å². The summed E-state index contributed by atoms with van der Waals surface area (Å²) in [6.07, 6.45) is 0.749. The molecule has 0 aliphatic rings. The number of aromatic nitrogens is 2. The summed E-state index contributed by atoms with van der Waals surface area (Å²) in [5.74, 6) is 8.32. The number of hydrogen-bond donors (Lipinski definition) is 3. The Labute approximate surface area is 118 Å². The largest absolute Gasteiger partial charge is 0.496 e. The number of methoxy groups -OCH3 is 1. The molecule has 6 nitrogen and oxygen atoms in total. The minimum atomic E-state index is 0.597. The van der Waals surface area contributed by atoms with Gasteiger partial charge in [-0.25, -0.2) is 15.8 Å². The lowest BCUT2D eigenvalue weighted by Gasteiger charge is -2.11. The molecule has 6 heteroatoms. The number of anilines is 2. The van der Waals surface area contributed by atoms with E-state index in [0.29, 0.717) is 12.4 Å². The second-order valence-corrected chi connectivity index (χ2v) is 4.22. The molecule has 0 spiro atoms. The molecule has 0 aliphatic heterocycles. The van der Waals surface area contributed by atoms with Gasteiger partial charge in [-0.05, 0) is 6.07 Å². The summed E-state index contributed by atoms with van der Waals surface area (Å²) in [5, 5.41) is 3.26. The standard InChI is InChI=1S/C14H19N5O/c1-3-12-17-13(8-14(18-12)19-15)16-9-10-6-4-5-7-11(10)20-2/h4-8H,3,9,15H2,1-2H3,(H2,16,17,18,19). The number of nitrogens with one attached hydrogen (secondary N) is 2. The van der Waals surface area contributed by atoms with Crippen molar-refractivity contribution < 1.29 is 4.74 Å². The Morgan fingerprint density at radius 1 is 1.20 bits per heavy atom. The number of nitrogens with zero attached hydrogens (tertiary/aromatic N) is 2. The van der Waals surface area contributed by atoms with Crippen LogP contribution >= 0.6 is 0 Å². The smallest absolute Gasteiger partial charge is 0.145 e. The van der Waals surface area contributed by atoms with Gasteiger partial charge in [0.05, 0.1) is 7.11 Å². The molecular weight excluding hydrogens is 254 g/mol. The Hall–Kier alpha value is -2.34. The van der Waals surface area contributed by atoms with Crippen molar-refractivity contribution in [3.8, 4) is 5.75 Å². The summed E-state index contributed by atoms with van der Waals surface area (Å²) in [6.45, 7) is 2.62. The van der Waals surface area contributed by atoms with E-state index in [-0.39, 0.29) is 0 Å². The molecule has 20 heavy (non-hydrogen) atoms. The molecule has 0 aliphatic carbocycles. The molecule has 0 bridgehead atoms. The third-order valence-electron chi connectivity index (χ3n) is 2.89. The molecular formula is C14H19N5O. The molecule has 1 aromatic carbocycles. The molecule has 1 aromatic heterocycles. The average molecular weight is 273 g/mol. The van der Waals surface area contributed by atoms with Gasteiger partial charge in [0.1, 0.15) is 23.2 Å². The third kappa shape index (κ3) is 3.36. The van der Waals surface area contributed by atoms with Crippen molar-refractivity contribution in [3.63, 3.8) is 0 Å². The van der Waals surface area contributed by atoms with Gasteiger partial charge in [-0.2, -0.15) is 0 Å². The molecule has 0 radical (unpaired) electrons. The molecule has 1 heterocycles. The van der Waals surface area contributed by atoms with Gasteiger partial charge in [-0.3, -0.25) is 0 Å². The Kier molecular flexibility index (Phi) is 4.73. The van der Waals surface area contributed by atoms with Crippen LogP contribution in [0.15, 0.2) is 30.3 Å². The zero-order valence-corrected chi connectivity index (χ0v) is 11.7. The number of aryl methyl sites for hydroxylation is 1. The molecule has 2 aromatic rings. The van der Waals surface area contributed by atoms with E-state index in [1.54, 1.807) is 13.2 Å². The molecule has 0 amide bonds. The highest BCUT2D eigenvalue weighted by molar-refractivity contribution is 5.48. The number of para-hydroxylation sites is 1. The molecule has 0 unspecified atom stereocenters. The fourth-order valence-corrected chi connectivity index (χ4v) is 1.85. The van der Waals surface area contributed by atoms with Crippen LogP contribution in [0.2, 0.25) is 0 Å². The van der Waals surface area contributed by atoms with E-state index in [4.69, 9.17) is 10.6 Å². The second kappa shape index (κ2) is 6.72. The average Bonchev–Trinajstić information content (AvgIpc) is 2.52. The van der Waals surface area contributed by atoms with Crippen LogP contribution in [0.3, 0.4) is 0 Å². The first-order valence-corrected chi connectivity index (χ1v) is 6.47. The number of benzene rings is 1. The van der Waals surface area contributed by atoms with Crippen molar-refractivity contribution in [2.24, 2.45) is 5.84 Å². The van der Waals surface area contributed by atoms with Gasteiger partial charge in [0, 0.05) is 24.6 Å². The first kappa shape index (κ1) is 14.1. The Balaban J connectivity index is 2.14. The Morgan fingerprint density at radius 2 is 1.95 bits per heavy atom. The van der Waals surface area contributed by atoms with Gasteiger partial charge in [0.15, 0.2) is 0 Å². The number of hydrogen-bond acceptors (Lipinski definition) is 6. The molecule has 106 valence electrons. The highest BCUT2D eigenvalue weighted by atomic mass is 16.5. The van der Waals surface area contributed by atoms with Crippen molar-refractivity contribution in [3.05, 3.63) is 41.7 Å². The molecule has 4 N–H and O–H groups in total. The lowest BCUT2D eigenvalue weighted by molar-refractivity contribution is 0.410. The van der Waals surface area contributed by atoms with Gasteiger partial charge in [-0.1, -0.05) is 25.1 Å². The van der Waals surface area contributed by atoms with Crippen LogP contribution in [0.5, 0.6) is 5.75 Å². The highest BCUT2D eigenvalue weighted by Crippen LogP contribution is 2.19. The normalized spacial score (nSPS) is 10.2. The minimum Gasteiger partial charge on any atom is -0.496 e. The zero-order chi connectivity index (χ0) is 14.4. The maximum absolute atomic E-state index is 5.41. The van der Waals surface area contributed by atoms with Crippen LogP contribution in [0.25, 0.3) is 0 Å². The molecule has 2 rings (SSSR count). The molecule has 0 fully saturated rings. The number of hydrazine groups is 1. The second-order valence-electron chi connectivity index (χ2n) is 4.22. The maximum Gasteiger partial charge on any atom is 0.145 e. The van der Waals surface area contributed by atoms with Crippen LogP contribution in [-0.2, 0) is 13.0 Å². The monoisotopic (exact) mass is 273 g/mol. The van der Waals surface area contributed by atoms with E-state index in [0.717, 1.165) is 29.4 Å². The van der Waals surface area contributed by atoms with E-state index >= 15 is 0 Å². The summed E-state index contributed by atoms with van der Waals surface area (Å²) < 4.78 is 5.32. The summed E-state index contributed by atoms with van der Waals surface area (Å²) in [7, 11) is 1.66. The molecule has 0 saturated carbocycles. The van der Waals surface area contributed by atoms with Crippen molar-refractivity contribution in [2.75, 3.05) is 17.9 Å². The fraction of sp³-hybridized carbons (Fsp3) is 0.286. The zero-order valence-electron chi connectivity index (χ0n) is 11.7. The summed E-state index contributed by atoms with van der Waals surface area (Å²) >= 11 is 0. The fourth-order valence-electron chi connectivity index (χ4n) is 1.85. The van der Waals surface area contributed by atoms with E-state index in [2.05, 4.69) is 20.7 Å². The SMILES string of the molecule is CCc1nc(NN)cc(NCc2ccccc2OC)n1. The number of nitrogen functional groups attached to an aromatic ring is 1. The Bertz CT molecular complexity index is 551. The summed E-state index contributed by atoms with van der Waals surface area (Å²) in [4.78, 5) is 8.66. The number of ether oxygens (including phenoxy) is 1. The van der Waals surface area contributed by atoms with E-state index in [1.807, 2.05) is 31.2 Å². The summed E-state index contributed by atoms with van der Waals surface area (Å²) in [5.41, 5.74) is 3.61. The van der Waals surface area contributed by atoms with Crippen LogP contribution in [-0.4, -0.2) is 17.1 Å². The quantitative estimate of drug-likeness (QED) is 0.551. The first-order chi connectivity index (χ1) is 9.76. The van der Waals surface area contributed by atoms with E-state index in [1.165, 1.54) is 0 Å². The highest BCUT2D eigenvalue weighted by Gasteiger charge is 2.05. The van der Waals surface area contributed by atoms with Crippen LogP contribution in [0.4, 0.5) is 11.6 Å². The van der Waals surface area contributed by atoms with Crippen molar-refractivity contribution in [1.82, 2.24) is 9.97 Å². The van der Waals surface area contributed by atoms with Gasteiger partial charge in [0.2, 0.25) is 0 Å². The van der Waals surface area contributed by atoms with E-state index < -0.39 is 0 Å². The van der Waals surface area contributed by atoms with E-state index in [9.17, 15) is 0 Å². The van der Waals surface area contributed by atoms with Gasteiger partial charge in [0.25, 0.3) is 0 Å². The maximum atomic E-state index is 5.41. The van der Waals surface area contributed by atoms with Gasteiger partial charge >= 0.3 is 0 Å². The summed E-state index contributed by atoms with van der Waals surface area (Å²) in [6, 6.07) is 9.63. The van der Waals surface area contributed by atoms with Crippen molar-refractivity contribution in [2.45, 2.75) is 19.9 Å². The van der Waals surface area contributed by atoms with Crippen LogP contribution in [0.1, 0.15) is 18.3 Å². The van der Waals surface area contributed by atoms with Gasteiger partial charge < -0.3 is 15.5 Å². The molecule has 0 saturated heterocycles. The van der Waals surface area contributed by atoms with Crippen molar-refractivity contribution >= 4 is 11.6 Å². The van der Waals surface area contributed by atoms with Crippen LogP contribution < -0.4 is 21.3 Å².